The molecule has 222 valence electrons. The lowest BCUT2D eigenvalue weighted by Gasteiger charge is -2.23. The predicted molar refractivity (Wildman–Crippen MR) is 165 cm³/mol. The van der Waals surface area contributed by atoms with Gasteiger partial charge in [-0.25, -0.2) is 14.1 Å². The minimum Gasteiger partial charge on any atom is -0.406 e. The van der Waals surface area contributed by atoms with Gasteiger partial charge in [-0.1, -0.05) is 49.9 Å². The van der Waals surface area contributed by atoms with E-state index in [1.54, 1.807) is 30.1 Å². The number of hydrogen-bond donors (Lipinski definition) is 1. The van der Waals surface area contributed by atoms with Gasteiger partial charge in [0.25, 0.3) is 0 Å². The smallest absolute Gasteiger partial charge is 0.406 e. The van der Waals surface area contributed by atoms with Crippen molar-refractivity contribution in [3.05, 3.63) is 90.0 Å². The van der Waals surface area contributed by atoms with Gasteiger partial charge in [0.1, 0.15) is 17.9 Å². The molecule has 4 aromatic rings. The maximum atomic E-state index is 13.9. The zero-order valence-electron chi connectivity index (χ0n) is 22.9. The molecule has 1 aliphatic heterocycles. The second-order valence-corrected chi connectivity index (χ2v) is 11.1. The van der Waals surface area contributed by atoms with E-state index in [9.17, 15) is 17.6 Å². The normalized spacial score (nSPS) is 14.7. The summed E-state index contributed by atoms with van der Waals surface area (Å²) in [5.41, 5.74) is 6.65. The number of rotatable bonds is 7. The Balaban J connectivity index is 1.19. The Morgan fingerprint density at radius 1 is 1.09 bits per heavy atom. The van der Waals surface area contributed by atoms with E-state index in [0.717, 1.165) is 39.8 Å². The molecular weight excluding hydrogens is 602 g/mol. The number of ether oxygens (including phenoxy) is 1. The SMILES string of the molecule is CC(C)c1cc(F)ccc1N1CCSC1=NC(=S)N/N=C/c1ccc(-c2ncn(-c3ccc(OC(F)(F)F)cc3)n2)cc1. The number of hydrogen-bond acceptors (Lipinski definition) is 6. The summed E-state index contributed by atoms with van der Waals surface area (Å²) < 4.78 is 56.4. The monoisotopic (exact) mass is 627 g/mol. The zero-order valence-corrected chi connectivity index (χ0v) is 24.5. The van der Waals surface area contributed by atoms with E-state index in [1.165, 1.54) is 41.3 Å². The first-order valence-electron chi connectivity index (χ1n) is 13.1. The molecule has 43 heavy (non-hydrogen) atoms. The second kappa shape index (κ2) is 12.9. The average Bonchev–Trinajstić information content (AvgIpc) is 3.63. The Morgan fingerprint density at radius 3 is 2.53 bits per heavy atom. The van der Waals surface area contributed by atoms with Crippen LogP contribution in [-0.2, 0) is 0 Å². The van der Waals surface area contributed by atoms with Crippen molar-refractivity contribution in [3.63, 3.8) is 0 Å². The van der Waals surface area contributed by atoms with Crippen LogP contribution in [0.5, 0.6) is 5.75 Å². The molecule has 0 radical (unpaired) electrons. The van der Waals surface area contributed by atoms with Crippen LogP contribution in [0.15, 0.2) is 83.2 Å². The van der Waals surface area contributed by atoms with Gasteiger partial charge in [0.05, 0.1) is 11.9 Å². The standard InChI is InChI=1S/C29H25F4N7OS2/c1-18(2)24-15-21(30)7-12-25(24)39-13-14-43-28(39)36-27(42)37-35-16-19-3-5-20(6-4-19)26-34-17-40(38-26)22-8-10-23(11-9-22)41-29(31,32)33/h3-12,15-18H,13-14H2,1-2H3,(H,37,42)/b35-16+,36-28?. The molecule has 1 fully saturated rings. The van der Waals surface area contributed by atoms with Crippen molar-refractivity contribution in [1.82, 2.24) is 20.2 Å². The summed E-state index contributed by atoms with van der Waals surface area (Å²) in [6.45, 7) is 4.79. The molecule has 1 saturated heterocycles. The number of nitrogens with zero attached hydrogens (tertiary/aromatic N) is 6. The van der Waals surface area contributed by atoms with Crippen LogP contribution < -0.4 is 15.1 Å². The summed E-state index contributed by atoms with van der Waals surface area (Å²) in [6.07, 6.45) is -1.68. The lowest BCUT2D eigenvalue weighted by molar-refractivity contribution is -0.274. The third-order valence-electron chi connectivity index (χ3n) is 6.25. The molecule has 0 bridgehead atoms. The van der Waals surface area contributed by atoms with Gasteiger partial charge in [0, 0.05) is 23.5 Å². The van der Waals surface area contributed by atoms with E-state index in [0.29, 0.717) is 11.5 Å². The number of amidine groups is 1. The summed E-state index contributed by atoms with van der Waals surface area (Å²) >= 11 is 6.96. The third kappa shape index (κ3) is 7.76. The zero-order chi connectivity index (χ0) is 30.6. The van der Waals surface area contributed by atoms with Crippen molar-refractivity contribution in [2.24, 2.45) is 10.1 Å². The van der Waals surface area contributed by atoms with Crippen LogP contribution in [0.4, 0.5) is 23.2 Å². The van der Waals surface area contributed by atoms with E-state index >= 15 is 0 Å². The highest BCUT2D eigenvalue weighted by molar-refractivity contribution is 8.14. The molecule has 0 saturated carbocycles. The molecule has 2 heterocycles. The maximum Gasteiger partial charge on any atom is 0.573 e. The van der Waals surface area contributed by atoms with Crippen molar-refractivity contribution in [3.8, 4) is 22.8 Å². The van der Waals surface area contributed by atoms with Gasteiger partial charge in [-0.15, -0.1) is 18.3 Å². The largest absolute Gasteiger partial charge is 0.573 e. The minimum absolute atomic E-state index is 0.146. The molecule has 0 spiro atoms. The lowest BCUT2D eigenvalue weighted by Crippen LogP contribution is -2.27. The predicted octanol–water partition coefficient (Wildman–Crippen LogP) is 6.91. The fourth-order valence-electron chi connectivity index (χ4n) is 4.26. The number of hydrazone groups is 1. The molecule has 5 rings (SSSR count). The molecule has 1 N–H and O–H groups in total. The molecule has 0 atom stereocenters. The van der Waals surface area contributed by atoms with Crippen LogP contribution in [-0.4, -0.2) is 49.9 Å². The summed E-state index contributed by atoms with van der Waals surface area (Å²) in [5.74, 6) is 0.834. The number of benzene rings is 3. The number of aromatic nitrogens is 3. The van der Waals surface area contributed by atoms with Crippen LogP contribution >= 0.6 is 24.0 Å². The van der Waals surface area contributed by atoms with Crippen LogP contribution in [0.1, 0.15) is 30.9 Å². The Morgan fingerprint density at radius 2 is 1.84 bits per heavy atom. The summed E-state index contributed by atoms with van der Waals surface area (Å²) in [5, 5.41) is 9.53. The Kier molecular flexibility index (Phi) is 9.06. The van der Waals surface area contributed by atoms with E-state index < -0.39 is 6.36 Å². The molecule has 14 heteroatoms. The van der Waals surface area contributed by atoms with Crippen molar-refractivity contribution >= 4 is 46.2 Å². The summed E-state index contributed by atoms with van der Waals surface area (Å²) in [6, 6.07) is 17.4. The molecule has 0 unspecified atom stereocenters. The lowest BCUT2D eigenvalue weighted by atomic mass is 10.0. The summed E-state index contributed by atoms with van der Waals surface area (Å²) in [7, 11) is 0. The first-order valence-corrected chi connectivity index (χ1v) is 14.4. The van der Waals surface area contributed by atoms with Gasteiger partial charge in [-0.3, -0.25) is 5.43 Å². The first-order chi connectivity index (χ1) is 20.6. The highest BCUT2D eigenvalue weighted by Gasteiger charge is 2.31. The number of thioether (sulfide) groups is 1. The van der Waals surface area contributed by atoms with Gasteiger partial charge >= 0.3 is 6.36 Å². The molecule has 3 aromatic carbocycles. The maximum absolute atomic E-state index is 13.9. The van der Waals surface area contributed by atoms with Crippen molar-refractivity contribution in [2.75, 3.05) is 17.2 Å². The number of aliphatic imine (C=N–C) groups is 1. The third-order valence-corrected chi connectivity index (χ3v) is 7.39. The first kappa shape index (κ1) is 30.2. The van der Waals surface area contributed by atoms with Gasteiger partial charge in [0.2, 0.25) is 5.11 Å². The molecule has 1 aromatic heterocycles. The van der Waals surface area contributed by atoms with Gasteiger partial charge in [-0.05, 0) is 71.7 Å². The van der Waals surface area contributed by atoms with E-state index in [4.69, 9.17) is 12.2 Å². The van der Waals surface area contributed by atoms with Crippen LogP contribution in [0.3, 0.4) is 0 Å². The second-order valence-electron chi connectivity index (χ2n) is 9.60. The number of nitrogens with one attached hydrogen (secondary N) is 1. The van der Waals surface area contributed by atoms with E-state index in [-0.39, 0.29) is 22.6 Å². The van der Waals surface area contributed by atoms with Crippen molar-refractivity contribution in [2.45, 2.75) is 26.1 Å². The molecule has 1 aliphatic rings. The van der Waals surface area contributed by atoms with Gasteiger partial charge < -0.3 is 9.64 Å². The van der Waals surface area contributed by atoms with Crippen LogP contribution in [0.2, 0.25) is 0 Å². The Hall–Kier alpha value is -4.30. The topological polar surface area (TPSA) is 79.9 Å². The minimum atomic E-state index is -4.75. The van der Waals surface area contributed by atoms with E-state index in [2.05, 4.69) is 30.3 Å². The van der Waals surface area contributed by atoms with E-state index in [1.807, 2.05) is 43.0 Å². The Bertz CT molecular complexity index is 1650. The van der Waals surface area contributed by atoms with Gasteiger partial charge in [0.15, 0.2) is 11.0 Å². The number of thiocarbonyl (C=S) groups is 1. The quantitative estimate of drug-likeness (QED) is 0.103. The fraction of sp³-hybridized carbons (Fsp3) is 0.207. The van der Waals surface area contributed by atoms with Gasteiger partial charge in [-0.2, -0.15) is 10.1 Å². The molecule has 8 nitrogen and oxygen atoms in total. The highest BCUT2D eigenvalue weighted by atomic mass is 32.2. The molecular formula is C29H25F4N7OS2. The number of halogens is 4. The average molecular weight is 628 g/mol. The van der Waals surface area contributed by atoms with Crippen LogP contribution in [0, 0.1) is 5.82 Å². The molecule has 0 aliphatic carbocycles. The number of alkyl halides is 3. The van der Waals surface area contributed by atoms with Crippen LogP contribution in [0.25, 0.3) is 17.1 Å². The Labute approximate surface area is 254 Å². The molecule has 0 amide bonds. The summed E-state index contributed by atoms with van der Waals surface area (Å²) in [4.78, 5) is 10.9. The fourth-order valence-corrected chi connectivity index (χ4v) is 5.42. The van der Waals surface area contributed by atoms with Crippen molar-refractivity contribution in [1.29, 1.82) is 0 Å². The van der Waals surface area contributed by atoms with Crippen molar-refractivity contribution < 1.29 is 22.3 Å². The number of anilines is 1. The highest BCUT2D eigenvalue weighted by Crippen LogP contribution is 2.33.